The molecule has 7 heteroatoms. The fraction of sp³-hybridized carbons (Fsp3) is 0.375. The van der Waals surface area contributed by atoms with Crippen LogP contribution in [0.2, 0.25) is 0 Å². The summed E-state index contributed by atoms with van der Waals surface area (Å²) in [6.45, 7) is 3.91. The zero-order valence-electron chi connectivity index (χ0n) is 8.36. The van der Waals surface area contributed by atoms with E-state index >= 15 is 0 Å². The van der Waals surface area contributed by atoms with Crippen molar-refractivity contribution >= 4 is 39.9 Å². The number of aromatic nitrogens is 1. The van der Waals surface area contributed by atoms with Crippen molar-refractivity contribution in [1.29, 1.82) is 0 Å². The number of carbonyl (C=O) groups is 1. The van der Waals surface area contributed by atoms with Gasteiger partial charge in [-0.1, -0.05) is 0 Å². The second-order valence-electron chi connectivity index (χ2n) is 2.59. The topological polar surface area (TPSA) is 63.2 Å². The van der Waals surface area contributed by atoms with Crippen LogP contribution in [0.5, 0.6) is 0 Å². The molecule has 0 aliphatic rings. The molecule has 0 radical (unpaired) electrons. The highest BCUT2D eigenvalue weighted by Crippen LogP contribution is 2.13. The summed E-state index contributed by atoms with van der Waals surface area (Å²) in [5.74, 6) is 0. The number of alkyl carbamates (subject to hydrolysis) is 1. The van der Waals surface area contributed by atoms with Crippen molar-refractivity contribution in [3.8, 4) is 0 Å². The van der Waals surface area contributed by atoms with Gasteiger partial charge in [0.15, 0.2) is 10.2 Å². The first-order valence-electron chi connectivity index (χ1n) is 4.28. The number of ether oxygens (including phenoxy) is 1. The third-order valence-electron chi connectivity index (χ3n) is 1.33. The number of amides is 1. The Morgan fingerprint density at radius 3 is 3.00 bits per heavy atom. The minimum absolute atomic E-state index is 0.183. The van der Waals surface area contributed by atoms with Crippen LogP contribution >= 0.6 is 23.6 Å². The van der Waals surface area contributed by atoms with Crippen LogP contribution < -0.4 is 10.6 Å². The van der Waals surface area contributed by atoms with E-state index in [0.29, 0.717) is 11.7 Å². The van der Waals surface area contributed by atoms with Crippen LogP contribution in [-0.4, -0.2) is 22.8 Å². The normalized spacial score (nSPS) is 9.47. The number of thiazole rings is 1. The van der Waals surface area contributed by atoms with Crippen LogP contribution in [-0.2, 0) is 4.74 Å². The van der Waals surface area contributed by atoms with Crippen molar-refractivity contribution in [2.45, 2.75) is 13.8 Å². The average molecular weight is 245 g/mol. The summed E-state index contributed by atoms with van der Waals surface area (Å²) in [5.41, 5.74) is 0.904. The summed E-state index contributed by atoms with van der Waals surface area (Å²) in [4.78, 5) is 15.1. The molecule has 5 nitrogen and oxygen atoms in total. The molecule has 0 bridgehead atoms. The van der Waals surface area contributed by atoms with Gasteiger partial charge < -0.3 is 10.1 Å². The van der Waals surface area contributed by atoms with E-state index in [4.69, 9.17) is 12.2 Å². The van der Waals surface area contributed by atoms with Crippen molar-refractivity contribution in [2.24, 2.45) is 0 Å². The van der Waals surface area contributed by atoms with Gasteiger partial charge in [-0.05, 0) is 26.1 Å². The Balaban J connectivity index is 2.39. The molecular formula is C8H11N3O2S2. The summed E-state index contributed by atoms with van der Waals surface area (Å²) in [5, 5.41) is 7.86. The zero-order valence-corrected chi connectivity index (χ0v) is 10.00. The number of nitrogens with zero attached hydrogens (tertiary/aromatic N) is 1. The van der Waals surface area contributed by atoms with Crippen LogP contribution in [0.25, 0.3) is 0 Å². The van der Waals surface area contributed by atoms with E-state index in [9.17, 15) is 4.79 Å². The smallest absolute Gasteiger partial charge is 0.413 e. The van der Waals surface area contributed by atoms with Gasteiger partial charge in [-0.2, -0.15) is 0 Å². The van der Waals surface area contributed by atoms with Gasteiger partial charge in [0.05, 0.1) is 12.3 Å². The molecule has 0 saturated carbocycles. The van der Waals surface area contributed by atoms with E-state index in [1.165, 1.54) is 11.3 Å². The van der Waals surface area contributed by atoms with Crippen molar-refractivity contribution in [3.63, 3.8) is 0 Å². The van der Waals surface area contributed by atoms with Crippen LogP contribution in [0.1, 0.15) is 12.6 Å². The molecule has 0 atom stereocenters. The Morgan fingerprint density at radius 1 is 1.73 bits per heavy atom. The second-order valence-corrected chi connectivity index (χ2v) is 3.86. The van der Waals surface area contributed by atoms with Crippen molar-refractivity contribution < 1.29 is 9.53 Å². The third-order valence-corrected chi connectivity index (χ3v) is 2.41. The van der Waals surface area contributed by atoms with Gasteiger partial charge in [-0.15, -0.1) is 11.3 Å². The zero-order chi connectivity index (χ0) is 11.3. The molecular weight excluding hydrogens is 234 g/mol. The molecule has 0 aliphatic heterocycles. The minimum Gasteiger partial charge on any atom is -0.450 e. The molecule has 1 aromatic rings. The standard InChI is InChI=1S/C8H11N3O2S2/c1-3-13-8(12)11-6(14)10-7-9-5(2)4-15-7/h4H,3H2,1-2H3,(H2,9,10,11,12,14). The molecule has 15 heavy (non-hydrogen) atoms. The number of thiocarbonyl (C=S) groups is 1. The largest absolute Gasteiger partial charge is 0.450 e. The van der Waals surface area contributed by atoms with Crippen molar-refractivity contribution in [1.82, 2.24) is 10.3 Å². The van der Waals surface area contributed by atoms with Gasteiger partial charge in [-0.25, -0.2) is 9.78 Å². The number of nitrogens with one attached hydrogen (secondary N) is 2. The third kappa shape index (κ3) is 4.22. The van der Waals surface area contributed by atoms with Crippen LogP contribution in [0.4, 0.5) is 9.93 Å². The Morgan fingerprint density at radius 2 is 2.47 bits per heavy atom. The summed E-state index contributed by atoms with van der Waals surface area (Å²) in [7, 11) is 0. The molecule has 82 valence electrons. The lowest BCUT2D eigenvalue weighted by Crippen LogP contribution is -2.34. The number of anilines is 1. The molecule has 1 heterocycles. The summed E-state index contributed by atoms with van der Waals surface area (Å²) in [6.07, 6.45) is -0.566. The van der Waals surface area contributed by atoms with E-state index in [2.05, 4.69) is 20.4 Å². The molecule has 2 N–H and O–H groups in total. The molecule has 1 rings (SSSR count). The molecule has 0 saturated heterocycles. The highest BCUT2D eigenvalue weighted by molar-refractivity contribution is 7.80. The van der Waals surface area contributed by atoms with Crippen molar-refractivity contribution in [3.05, 3.63) is 11.1 Å². The first-order valence-corrected chi connectivity index (χ1v) is 5.57. The first-order chi connectivity index (χ1) is 7.11. The summed E-state index contributed by atoms with van der Waals surface area (Å²) >= 11 is 6.30. The van der Waals surface area contributed by atoms with Crippen molar-refractivity contribution in [2.75, 3.05) is 11.9 Å². The SMILES string of the molecule is CCOC(=O)NC(=S)Nc1nc(C)cs1. The minimum atomic E-state index is -0.566. The first kappa shape index (κ1) is 11.9. The lowest BCUT2D eigenvalue weighted by molar-refractivity contribution is 0.158. The lowest BCUT2D eigenvalue weighted by Gasteiger charge is -2.06. The maximum Gasteiger partial charge on any atom is 0.413 e. The Kier molecular flexibility index (Phi) is 4.44. The Labute approximate surface area is 96.8 Å². The van der Waals surface area contributed by atoms with Gasteiger partial charge in [0.25, 0.3) is 0 Å². The highest BCUT2D eigenvalue weighted by Gasteiger charge is 2.05. The van der Waals surface area contributed by atoms with Gasteiger partial charge in [0.1, 0.15) is 0 Å². The Hall–Kier alpha value is -1.21. The fourth-order valence-corrected chi connectivity index (χ4v) is 1.74. The maximum atomic E-state index is 11.0. The number of hydrogen-bond donors (Lipinski definition) is 2. The number of hydrogen-bond acceptors (Lipinski definition) is 5. The molecule has 1 aromatic heterocycles. The monoisotopic (exact) mass is 245 g/mol. The van der Waals surface area contributed by atoms with E-state index in [0.717, 1.165) is 5.69 Å². The van der Waals surface area contributed by atoms with Gasteiger partial charge >= 0.3 is 6.09 Å². The Bertz CT molecular complexity index is 365. The van der Waals surface area contributed by atoms with E-state index in [1.807, 2.05) is 12.3 Å². The van der Waals surface area contributed by atoms with E-state index in [-0.39, 0.29) is 5.11 Å². The molecule has 0 spiro atoms. The number of rotatable bonds is 2. The van der Waals surface area contributed by atoms with E-state index < -0.39 is 6.09 Å². The molecule has 0 aliphatic carbocycles. The molecule has 0 fully saturated rings. The average Bonchev–Trinajstić information content (AvgIpc) is 2.51. The molecule has 0 aromatic carbocycles. The summed E-state index contributed by atoms with van der Waals surface area (Å²) in [6, 6.07) is 0. The van der Waals surface area contributed by atoms with Crippen LogP contribution in [0, 0.1) is 6.92 Å². The highest BCUT2D eigenvalue weighted by atomic mass is 32.1. The molecule has 1 amide bonds. The maximum absolute atomic E-state index is 11.0. The van der Waals surface area contributed by atoms with Crippen LogP contribution in [0.15, 0.2) is 5.38 Å². The number of aryl methyl sites for hydroxylation is 1. The van der Waals surface area contributed by atoms with Gasteiger partial charge in [0.2, 0.25) is 0 Å². The van der Waals surface area contributed by atoms with Gasteiger partial charge in [0, 0.05) is 5.38 Å². The lowest BCUT2D eigenvalue weighted by atomic mass is 10.6. The van der Waals surface area contributed by atoms with Gasteiger partial charge in [-0.3, -0.25) is 5.32 Å². The summed E-state index contributed by atoms with van der Waals surface area (Å²) < 4.78 is 4.66. The quantitative estimate of drug-likeness (QED) is 0.779. The predicted molar refractivity (Wildman–Crippen MR) is 63.2 cm³/mol. The molecule has 0 unspecified atom stereocenters. The van der Waals surface area contributed by atoms with Crippen LogP contribution in [0.3, 0.4) is 0 Å². The second kappa shape index (κ2) is 5.62. The van der Waals surface area contributed by atoms with E-state index in [1.54, 1.807) is 6.92 Å². The predicted octanol–water partition coefficient (Wildman–Crippen LogP) is 1.89. The number of carbonyl (C=O) groups excluding carboxylic acids is 1. The fourth-order valence-electron chi connectivity index (χ4n) is 0.800.